The maximum absolute atomic E-state index is 14.0. The van der Waals surface area contributed by atoms with Crippen LogP contribution in [0, 0.1) is 19.7 Å². The highest BCUT2D eigenvalue weighted by Gasteiger charge is 2.17. The molecule has 0 bridgehead atoms. The molecule has 0 atom stereocenters. The fraction of sp³-hybridized carbons (Fsp3) is 0.211. The number of halogens is 2. The Morgan fingerprint density at radius 1 is 1.26 bits per heavy atom. The standard InChI is InChI=1S/C19H16ClFN2O3S/c1-10-7-14-15(8-11(10)2)27-19(23(14)9-16(24)26-3)22-18(25)17-12(20)5-4-6-13(17)21/h4-8H,9H2,1-3H3. The first kappa shape index (κ1) is 19.3. The number of hydrogen-bond donors (Lipinski definition) is 0. The number of thiazole rings is 1. The topological polar surface area (TPSA) is 60.7 Å². The van der Waals surface area contributed by atoms with E-state index in [1.165, 1.54) is 30.6 Å². The summed E-state index contributed by atoms with van der Waals surface area (Å²) in [6.45, 7) is 3.81. The fourth-order valence-corrected chi connectivity index (χ4v) is 3.95. The van der Waals surface area contributed by atoms with Crippen molar-refractivity contribution in [3.63, 3.8) is 0 Å². The van der Waals surface area contributed by atoms with Gasteiger partial charge in [0.2, 0.25) is 0 Å². The minimum atomic E-state index is -0.809. The van der Waals surface area contributed by atoms with E-state index in [-0.39, 0.29) is 21.9 Å². The number of nitrogens with zero attached hydrogens (tertiary/aromatic N) is 2. The minimum absolute atomic E-state index is 0.0175. The first-order valence-electron chi connectivity index (χ1n) is 8.02. The molecule has 1 heterocycles. The zero-order chi connectivity index (χ0) is 19.7. The molecule has 3 aromatic rings. The van der Waals surface area contributed by atoms with Crippen LogP contribution in [0.25, 0.3) is 10.2 Å². The number of aromatic nitrogens is 1. The molecule has 1 aromatic heterocycles. The van der Waals surface area contributed by atoms with Crippen LogP contribution in [-0.4, -0.2) is 23.6 Å². The van der Waals surface area contributed by atoms with E-state index in [0.29, 0.717) is 0 Å². The average Bonchev–Trinajstić information content (AvgIpc) is 2.91. The van der Waals surface area contributed by atoms with E-state index in [0.717, 1.165) is 27.4 Å². The van der Waals surface area contributed by atoms with Gasteiger partial charge in [0.05, 0.1) is 27.9 Å². The molecule has 0 radical (unpaired) electrons. The van der Waals surface area contributed by atoms with Crippen molar-refractivity contribution in [1.29, 1.82) is 0 Å². The van der Waals surface area contributed by atoms with E-state index in [2.05, 4.69) is 4.99 Å². The van der Waals surface area contributed by atoms with Crippen LogP contribution in [0.3, 0.4) is 0 Å². The molecule has 0 spiro atoms. The van der Waals surface area contributed by atoms with Gasteiger partial charge in [0.25, 0.3) is 5.91 Å². The highest BCUT2D eigenvalue weighted by Crippen LogP contribution is 2.23. The Morgan fingerprint density at radius 3 is 2.63 bits per heavy atom. The van der Waals surface area contributed by atoms with Crippen molar-refractivity contribution in [1.82, 2.24) is 4.57 Å². The van der Waals surface area contributed by atoms with Gasteiger partial charge in [-0.25, -0.2) is 4.39 Å². The summed E-state index contributed by atoms with van der Waals surface area (Å²) in [5, 5.41) is -0.0175. The Hall–Kier alpha value is -2.51. The van der Waals surface area contributed by atoms with Gasteiger partial charge in [0.1, 0.15) is 12.4 Å². The molecule has 2 aromatic carbocycles. The van der Waals surface area contributed by atoms with Gasteiger partial charge in [0, 0.05) is 0 Å². The van der Waals surface area contributed by atoms with Crippen molar-refractivity contribution in [2.45, 2.75) is 20.4 Å². The molecule has 0 aliphatic carbocycles. The third kappa shape index (κ3) is 3.79. The summed E-state index contributed by atoms with van der Waals surface area (Å²) in [5.41, 5.74) is 2.56. The van der Waals surface area contributed by atoms with Gasteiger partial charge in [-0.15, -0.1) is 0 Å². The summed E-state index contributed by atoms with van der Waals surface area (Å²) >= 11 is 7.20. The number of fused-ring (bicyclic) bond motifs is 1. The Morgan fingerprint density at radius 2 is 1.96 bits per heavy atom. The van der Waals surface area contributed by atoms with Crippen LogP contribution in [-0.2, 0) is 16.1 Å². The summed E-state index contributed by atoms with van der Waals surface area (Å²) < 4.78 is 21.2. The molecule has 0 saturated carbocycles. The lowest BCUT2D eigenvalue weighted by Crippen LogP contribution is -2.22. The second-order valence-corrected chi connectivity index (χ2v) is 7.38. The van der Waals surface area contributed by atoms with Crippen molar-refractivity contribution < 1.29 is 18.7 Å². The number of ether oxygens (including phenoxy) is 1. The average molecular weight is 407 g/mol. The van der Waals surface area contributed by atoms with Crippen molar-refractivity contribution in [2.24, 2.45) is 4.99 Å². The molecule has 0 aliphatic heterocycles. The lowest BCUT2D eigenvalue weighted by Gasteiger charge is -2.06. The number of hydrogen-bond acceptors (Lipinski definition) is 4. The van der Waals surface area contributed by atoms with Gasteiger partial charge < -0.3 is 9.30 Å². The number of benzene rings is 2. The lowest BCUT2D eigenvalue weighted by atomic mass is 10.1. The maximum atomic E-state index is 14.0. The number of methoxy groups -OCH3 is 1. The van der Waals surface area contributed by atoms with Gasteiger partial charge >= 0.3 is 5.97 Å². The van der Waals surface area contributed by atoms with Crippen molar-refractivity contribution >= 4 is 45.0 Å². The normalized spacial score (nSPS) is 11.8. The summed E-state index contributed by atoms with van der Waals surface area (Å²) in [6.07, 6.45) is 0. The summed E-state index contributed by atoms with van der Waals surface area (Å²) in [6, 6.07) is 7.87. The molecule has 27 heavy (non-hydrogen) atoms. The molecule has 0 aliphatic rings. The maximum Gasteiger partial charge on any atom is 0.325 e. The number of esters is 1. The lowest BCUT2D eigenvalue weighted by molar-refractivity contribution is -0.141. The molecule has 8 heteroatoms. The minimum Gasteiger partial charge on any atom is -0.468 e. The molecule has 3 rings (SSSR count). The quantitative estimate of drug-likeness (QED) is 0.617. The number of carbonyl (C=O) groups excluding carboxylic acids is 2. The smallest absolute Gasteiger partial charge is 0.325 e. The molecular formula is C19H16ClFN2O3S. The highest BCUT2D eigenvalue weighted by molar-refractivity contribution is 7.16. The second-order valence-electron chi connectivity index (χ2n) is 5.96. The largest absolute Gasteiger partial charge is 0.468 e. The van der Waals surface area contributed by atoms with Crippen molar-refractivity contribution in [3.05, 3.63) is 62.7 Å². The second kappa shape index (κ2) is 7.62. The summed E-state index contributed by atoms with van der Waals surface area (Å²) in [7, 11) is 1.29. The summed E-state index contributed by atoms with van der Waals surface area (Å²) in [5.74, 6) is -2.04. The molecular weight excluding hydrogens is 391 g/mol. The van der Waals surface area contributed by atoms with Crippen LogP contribution in [0.15, 0.2) is 35.3 Å². The third-order valence-corrected chi connectivity index (χ3v) is 5.54. The van der Waals surface area contributed by atoms with Gasteiger partial charge in [-0.05, 0) is 49.2 Å². The summed E-state index contributed by atoms with van der Waals surface area (Å²) in [4.78, 5) is 28.7. The van der Waals surface area contributed by atoms with Crippen LogP contribution < -0.4 is 4.80 Å². The first-order chi connectivity index (χ1) is 12.8. The Balaban J connectivity index is 2.23. The van der Waals surface area contributed by atoms with Gasteiger partial charge in [-0.3, -0.25) is 9.59 Å². The zero-order valence-electron chi connectivity index (χ0n) is 14.9. The highest BCUT2D eigenvalue weighted by atomic mass is 35.5. The molecule has 140 valence electrons. The first-order valence-corrected chi connectivity index (χ1v) is 9.21. The Labute approximate surface area is 163 Å². The van der Waals surface area contributed by atoms with Crippen molar-refractivity contribution in [2.75, 3.05) is 7.11 Å². The molecule has 1 amide bonds. The van der Waals surface area contributed by atoms with Crippen LogP contribution in [0.2, 0.25) is 5.02 Å². The molecule has 0 unspecified atom stereocenters. The van der Waals surface area contributed by atoms with Gasteiger partial charge in [-0.1, -0.05) is 29.0 Å². The van der Waals surface area contributed by atoms with E-state index >= 15 is 0 Å². The molecule has 0 fully saturated rings. The monoisotopic (exact) mass is 406 g/mol. The Bertz CT molecular complexity index is 1110. The van der Waals surface area contributed by atoms with E-state index in [1.54, 1.807) is 4.57 Å². The van der Waals surface area contributed by atoms with Crippen LogP contribution >= 0.6 is 22.9 Å². The fourth-order valence-electron chi connectivity index (χ4n) is 2.60. The predicted octanol–water partition coefficient (Wildman–Crippen LogP) is 4.03. The number of carbonyl (C=O) groups is 2. The van der Waals surface area contributed by atoms with E-state index < -0.39 is 17.7 Å². The number of amides is 1. The van der Waals surface area contributed by atoms with E-state index in [1.807, 2.05) is 26.0 Å². The Kier molecular flexibility index (Phi) is 5.43. The van der Waals surface area contributed by atoms with Gasteiger partial charge in [-0.2, -0.15) is 4.99 Å². The van der Waals surface area contributed by atoms with Crippen LogP contribution in [0.4, 0.5) is 4.39 Å². The van der Waals surface area contributed by atoms with E-state index in [4.69, 9.17) is 16.3 Å². The van der Waals surface area contributed by atoms with E-state index in [9.17, 15) is 14.0 Å². The third-order valence-electron chi connectivity index (χ3n) is 4.19. The van der Waals surface area contributed by atoms with Crippen LogP contribution in [0.1, 0.15) is 21.5 Å². The predicted molar refractivity (Wildman–Crippen MR) is 103 cm³/mol. The van der Waals surface area contributed by atoms with Crippen LogP contribution in [0.5, 0.6) is 0 Å². The zero-order valence-corrected chi connectivity index (χ0v) is 16.4. The SMILES string of the molecule is COC(=O)Cn1c(=NC(=O)c2c(F)cccc2Cl)sc2cc(C)c(C)cc21. The van der Waals surface area contributed by atoms with Crippen molar-refractivity contribution in [3.8, 4) is 0 Å². The number of aryl methyl sites for hydroxylation is 2. The molecule has 0 saturated heterocycles. The van der Waals surface area contributed by atoms with Gasteiger partial charge in [0.15, 0.2) is 4.80 Å². The number of rotatable bonds is 3. The molecule has 0 N–H and O–H groups in total. The molecule has 5 nitrogen and oxygen atoms in total.